The SMILES string of the molecule is CC(C)c1c(C(=O)NCC(=O)Nc2ccc3[nH]c(=O)[nH]c3c2)cnn1-c1ccc(C(F)(F)F)cn1. The first-order valence-electron chi connectivity index (χ1n) is 10.4. The van der Waals surface area contributed by atoms with E-state index < -0.39 is 23.6 Å². The van der Waals surface area contributed by atoms with E-state index in [4.69, 9.17) is 0 Å². The maximum absolute atomic E-state index is 12.8. The minimum absolute atomic E-state index is 0.122. The Labute approximate surface area is 195 Å². The van der Waals surface area contributed by atoms with Crippen molar-refractivity contribution in [1.29, 1.82) is 0 Å². The molecule has 2 amide bonds. The van der Waals surface area contributed by atoms with Gasteiger partial charge >= 0.3 is 11.9 Å². The van der Waals surface area contributed by atoms with Crippen molar-refractivity contribution in [1.82, 2.24) is 30.0 Å². The van der Waals surface area contributed by atoms with Gasteiger partial charge in [-0.15, -0.1) is 0 Å². The molecule has 0 spiro atoms. The van der Waals surface area contributed by atoms with Crippen molar-refractivity contribution in [2.24, 2.45) is 0 Å². The number of pyridine rings is 1. The summed E-state index contributed by atoms with van der Waals surface area (Å²) in [5.74, 6) is -1.19. The molecule has 0 aliphatic rings. The number of amides is 2. The van der Waals surface area contributed by atoms with Gasteiger partial charge < -0.3 is 20.6 Å². The number of halogens is 3. The second kappa shape index (κ2) is 9.08. The monoisotopic (exact) mass is 487 g/mol. The van der Waals surface area contributed by atoms with Gasteiger partial charge in [-0.2, -0.15) is 18.3 Å². The quantitative estimate of drug-likeness (QED) is 0.331. The van der Waals surface area contributed by atoms with E-state index in [1.54, 1.807) is 32.0 Å². The number of benzene rings is 1. The number of alkyl halides is 3. The number of H-pyrrole nitrogens is 2. The van der Waals surface area contributed by atoms with E-state index in [9.17, 15) is 27.6 Å². The van der Waals surface area contributed by atoms with Crippen LogP contribution in [0.3, 0.4) is 0 Å². The van der Waals surface area contributed by atoms with Gasteiger partial charge in [-0.05, 0) is 36.2 Å². The lowest BCUT2D eigenvalue weighted by Crippen LogP contribution is -2.33. The molecule has 4 N–H and O–H groups in total. The molecule has 0 bridgehead atoms. The van der Waals surface area contributed by atoms with Crippen LogP contribution >= 0.6 is 0 Å². The lowest BCUT2D eigenvalue weighted by molar-refractivity contribution is -0.137. The normalized spacial score (nSPS) is 11.7. The van der Waals surface area contributed by atoms with Crippen LogP contribution in [0.25, 0.3) is 16.9 Å². The summed E-state index contributed by atoms with van der Waals surface area (Å²) < 4.78 is 39.8. The van der Waals surface area contributed by atoms with Gasteiger partial charge in [0.2, 0.25) is 5.91 Å². The van der Waals surface area contributed by atoms with Gasteiger partial charge in [0.05, 0.1) is 40.6 Å². The zero-order valence-electron chi connectivity index (χ0n) is 18.5. The highest BCUT2D eigenvalue weighted by Crippen LogP contribution is 2.29. The predicted molar refractivity (Wildman–Crippen MR) is 120 cm³/mol. The lowest BCUT2D eigenvalue weighted by atomic mass is 10.1. The fourth-order valence-corrected chi connectivity index (χ4v) is 3.52. The molecule has 3 aromatic heterocycles. The number of nitrogens with one attached hydrogen (secondary N) is 4. The van der Waals surface area contributed by atoms with Gasteiger partial charge in [0.15, 0.2) is 5.82 Å². The predicted octanol–water partition coefficient (Wildman–Crippen LogP) is 2.95. The van der Waals surface area contributed by atoms with Crippen LogP contribution in [0.15, 0.2) is 47.5 Å². The Morgan fingerprint density at radius 3 is 2.49 bits per heavy atom. The van der Waals surface area contributed by atoms with Crippen LogP contribution in [0.5, 0.6) is 0 Å². The molecule has 0 aliphatic heterocycles. The highest BCUT2D eigenvalue weighted by molar-refractivity contribution is 6.00. The van der Waals surface area contributed by atoms with E-state index in [0.29, 0.717) is 28.6 Å². The standard InChI is InChI=1S/C22H20F3N7O3/c1-11(2)19-14(9-28-32(19)17-6-3-12(8-26-17)22(23,24)25)20(34)27-10-18(33)29-13-4-5-15-16(7-13)31-21(35)30-15/h3-9,11H,10H2,1-2H3,(H,27,34)(H,29,33)(H2,30,31,35). The summed E-state index contributed by atoms with van der Waals surface area (Å²) in [6.07, 6.45) is -2.55. The van der Waals surface area contributed by atoms with Gasteiger partial charge in [-0.25, -0.2) is 14.5 Å². The minimum Gasteiger partial charge on any atom is -0.343 e. The number of hydrogen-bond donors (Lipinski definition) is 4. The molecule has 0 atom stereocenters. The Bertz CT molecular complexity index is 1450. The molecule has 35 heavy (non-hydrogen) atoms. The Kier molecular flexibility index (Phi) is 6.16. The van der Waals surface area contributed by atoms with E-state index >= 15 is 0 Å². The smallest absolute Gasteiger partial charge is 0.343 e. The summed E-state index contributed by atoms with van der Waals surface area (Å²) >= 11 is 0. The summed E-state index contributed by atoms with van der Waals surface area (Å²) in [5.41, 5.74) is 0.855. The van der Waals surface area contributed by atoms with Crippen LogP contribution in [0.2, 0.25) is 0 Å². The second-order valence-corrected chi connectivity index (χ2v) is 7.98. The van der Waals surface area contributed by atoms with E-state index in [1.807, 2.05) is 0 Å². The number of carbonyl (C=O) groups is 2. The second-order valence-electron chi connectivity index (χ2n) is 7.98. The molecule has 4 aromatic rings. The van der Waals surface area contributed by atoms with Crippen LogP contribution in [0, 0.1) is 0 Å². The van der Waals surface area contributed by atoms with Crippen molar-refractivity contribution in [3.63, 3.8) is 0 Å². The van der Waals surface area contributed by atoms with Gasteiger partial charge in [0, 0.05) is 11.9 Å². The third-order valence-corrected chi connectivity index (χ3v) is 5.10. The van der Waals surface area contributed by atoms with Gasteiger partial charge in [0.1, 0.15) is 0 Å². The molecule has 0 fully saturated rings. The fraction of sp³-hybridized carbons (Fsp3) is 0.227. The van der Waals surface area contributed by atoms with Crippen LogP contribution in [-0.2, 0) is 11.0 Å². The number of carbonyl (C=O) groups excluding carboxylic acids is 2. The van der Waals surface area contributed by atoms with E-state index in [2.05, 4.69) is 30.7 Å². The third kappa shape index (κ3) is 5.08. The van der Waals surface area contributed by atoms with Crippen LogP contribution in [0.4, 0.5) is 18.9 Å². The summed E-state index contributed by atoms with van der Waals surface area (Å²) in [5, 5.41) is 9.26. The number of rotatable bonds is 6. The Morgan fingerprint density at radius 2 is 1.83 bits per heavy atom. The van der Waals surface area contributed by atoms with Crippen molar-refractivity contribution >= 4 is 28.5 Å². The van der Waals surface area contributed by atoms with Gasteiger partial charge in [0.25, 0.3) is 5.91 Å². The molecule has 0 saturated carbocycles. The molecule has 0 aliphatic carbocycles. The van der Waals surface area contributed by atoms with Crippen molar-refractivity contribution < 1.29 is 22.8 Å². The maximum Gasteiger partial charge on any atom is 0.417 e. The molecule has 4 rings (SSSR count). The Hall–Kier alpha value is -4.42. The average Bonchev–Trinajstić information content (AvgIpc) is 3.40. The molecule has 1 aromatic carbocycles. The third-order valence-electron chi connectivity index (χ3n) is 5.10. The minimum atomic E-state index is -4.52. The summed E-state index contributed by atoms with van der Waals surface area (Å²) in [6, 6.07) is 6.86. The average molecular weight is 487 g/mol. The number of fused-ring (bicyclic) bond motifs is 1. The first-order chi connectivity index (χ1) is 16.5. The first-order valence-corrected chi connectivity index (χ1v) is 10.4. The van der Waals surface area contributed by atoms with Crippen molar-refractivity contribution in [2.45, 2.75) is 25.9 Å². The lowest BCUT2D eigenvalue weighted by Gasteiger charge is -2.13. The molecular weight excluding hydrogens is 467 g/mol. The Balaban J connectivity index is 1.46. The van der Waals surface area contributed by atoms with Crippen LogP contribution in [0.1, 0.15) is 41.4 Å². The molecule has 0 unspecified atom stereocenters. The maximum atomic E-state index is 12.8. The van der Waals surface area contributed by atoms with Crippen molar-refractivity contribution in [3.05, 3.63) is 70.0 Å². The number of aromatic nitrogens is 5. The topological polar surface area (TPSA) is 138 Å². The van der Waals surface area contributed by atoms with Crippen LogP contribution in [-0.4, -0.2) is 43.1 Å². The molecule has 0 saturated heterocycles. The number of imidazole rings is 1. The van der Waals surface area contributed by atoms with E-state index in [-0.39, 0.29) is 29.5 Å². The van der Waals surface area contributed by atoms with Crippen LogP contribution < -0.4 is 16.3 Å². The van der Waals surface area contributed by atoms with E-state index in [0.717, 1.165) is 6.07 Å². The molecular formula is C22H20F3N7O3. The Morgan fingerprint density at radius 1 is 1.09 bits per heavy atom. The first kappa shape index (κ1) is 23.7. The molecule has 0 radical (unpaired) electrons. The van der Waals surface area contributed by atoms with Crippen molar-refractivity contribution in [3.8, 4) is 5.82 Å². The number of aromatic amines is 2. The highest BCUT2D eigenvalue weighted by Gasteiger charge is 2.31. The zero-order chi connectivity index (χ0) is 25.3. The molecule has 182 valence electrons. The van der Waals surface area contributed by atoms with Crippen molar-refractivity contribution in [2.75, 3.05) is 11.9 Å². The molecule has 3 heterocycles. The summed E-state index contributed by atoms with van der Waals surface area (Å²) in [6.45, 7) is 3.24. The van der Waals surface area contributed by atoms with Gasteiger partial charge in [-0.1, -0.05) is 13.8 Å². The zero-order valence-corrected chi connectivity index (χ0v) is 18.5. The summed E-state index contributed by atoms with van der Waals surface area (Å²) in [7, 11) is 0. The molecule has 13 heteroatoms. The largest absolute Gasteiger partial charge is 0.417 e. The number of anilines is 1. The number of nitrogens with zero attached hydrogens (tertiary/aromatic N) is 3. The van der Waals surface area contributed by atoms with E-state index in [1.165, 1.54) is 16.9 Å². The highest BCUT2D eigenvalue weighted by atomic mass is 19.4. The number of hydrogen-bond acceptors (Lipinski definition) is 5. The fourth-order valence-electron chi connectivity index (χ4n) is 3.52. The molecule has 10 nitrogen and oxygen atoms in total. The van der Waals surface area contributed by atoms with Gasteiger partial charge in [-0.3, -0.25) is 9.59 Å². The summed E-state index contributed by atoms with van der Waals surface area (Å²) in [4.78, 5) is 45.5.